The maximum absolute atomic E-state index is 11.9. The van der Waals surface area contributed by atoms with E-state index in [-0.39, 0.29) is 12.2 Å². The lowest BCUT2D eigenvalue weighted by Gasteiger charge is -2.09. The van der Waals surface area contributed by atoms with Crippen molar-refractivity contribution in [2.75, 3.05) is 65.9 Å². The number of hydrogen-bond acceptors (Lipinski definition) is 7. The highest BCUT2D eigenvalue weighted by atomic mass is 16.6. The maximum atomic E-state index is 11.9. The molecule has 216 valence electrons. The third-order valence-corrected chi connectivity index (χ3v) is 8.27. The van der Waals surface area contributed by atoms with Crippen LogP contribution in [0.4, 0.5) is 9.59 Å². The zero-order chi connectivity index (χ0) is 27.1. The molecule has 0 heterocycles. The van der Waals surface area contributed by atoms with Crippen molar-refractivity contribution in [2.45, 2.75) is 51.4 Å². The van der Waals surface area contributed by atoms with Crippen LogP contribution >= 0.6 is 0 Å². The van der Waals surface area contributed by atoms with E-state index in [2.05, 4.69) is 34.3 Å². The SMILES string of the molecule is O=C(NCCOCCOCCOCCNC(=O)OCC1[C@H]2CCC#CCC[C@@H]12)OCC1[C@H]2CCC#CCC[C@@H]12. The van der Waals surface area contributed by atoms with E-state index in [1.807, 2.05) is 0 Å². The molecule has 2 N–H and O–H groups in total. The number of fused-ring (bicyclic) bond motifs is 2. The van der Waals surface area contributed by atoms with Crippen LogP contribution in [0.1, 0.15) is 51.4 Å². The average molecular weight is 545 g/mol. The van der Waals surface area contributed by atoms with Gasteiger partial charge in [0.2, 0.25) is 0 Å². The molecule has 6 atom stereocenters. The molecule has 2 unspecified atom stereocenters. The Hall–Kier alpha value is -2.46. The molecule has 0 radical (unpaired) electrons. The molecule has 0 aromatic carbocycles. The van der Waals surface area contributed by atoms with Crippen molar-refractivity contribution >= 4 is 12.2 Å². The minimum atomic E-state index is -0.382. The third kappa shape index (κ3) is 10.6. The van der Waals surface area contributed by atoms with Gasteiger partial charge in [-0.15, -0.1) is 23.7 Å². The highest BCUT2D eigenvalue weighted by Gasteiger charge is 2.50. The first-order chi connectivity index (χ1) is 19.2. The largest absolute Gasteiger partial charge is 0.449 e. The van der Waals surface area contributed by atoms with Gasteiger partial charge in [-0.2, -0.15) is 0 Å². The standard InChI is InChI=1S/C30H44N2O7/c33-29(38-21-27-23-9-5-1-2-6-10-24(23)27)31-13-15-35-17-19-37-20-18-36-16-14-32-30(34)39-22-28-25-11-7-3-4-8-12-26(25)28/h23-28H,5-22H2,(H,31,33)(H,32,34)/t23-,24+,25-,26+,27?,28?. The van der Waals surface area contributed by atoms with Crippen LogP contribution in [0.3, 0.4) is 0 Å². The van der Waals surface area contributed by atoms with Gasteiger partial charge in [0.25, 0.3) is 0 Å². The zero-order valence-electron chi connectivity index (χ0n) is 23.0. The summed E-state index contributed by atoms with van der Waals surface area (Å²) in [5.74, 6) is 16.5. The van der Waals surface area contributed by atoms with E-state index in [1.165, 1.54) is 0 Å². The van der Waals surface area contributed by atoms with Gasteiger partial charge < -0.3 is 34.3 Å². The van der Waals surface area contributed by atoms with Crippen LogP contribution in [0.15, 0.2) is 0 Å². The number of amides is 2. The van der Waals surface area contributed by atoms with E-state index in [0.29, 0.717) is 101 Å². The number of nitrogens with one attached hydrogen (secondary N) is 2. The van der Waals surface area contributed by atoms with Crippen molar-refractivity contribution in [3.63, 3.8) is 0 Å². The second kappa shape index (κ2) is 16.6. The second-order valence-corrected chi connectivity index (χ2v) is 10.7. The molecule has 2 saturated carbocycles. The molecule has 39 heavy (non-hydrogen) atoms. The summed E-state index contributed by atoms with van der Waals surface area (Å²) in [4.78, 5) is 23.8. The van der Waals surface area contributed by atoms with E-state index >= 15 is 0 Å². The van der Waals surface area contributed by atoms with Gasteiger partial charge in [-0.3, -0.25) is 0 Å². The number of hydrogen-bond donors (Lipinski definition) is 2. The molecule has 0 aromatic rings. The van der Waals surface area contributed by atoms with Gasteiger partial charge >= 0.3 is 12.2 Å². The van der Waals surface area contributed by atoms with Crippen molar-refractivity contribution < 1.29 is 33.3 Å². The lowest BCUT2D eigenvalue weighted by Crippen LogP contribution is -2.29. The van der Waals surface area contributed by atoms with Crippen LogP contribution in [0, 0.1) is 59.2 Å². The summed E-state index contributed by atoms with van der Waals surface area (Å²) in [6.07, 6.45) is 7.60. The zero-order valence-corrected chi connectivity index (χ0v) is 23.0. The van der Waals surface area contributed by atoms with Gasteiger partial charge in [0.1, 0.15) is 0 Å². The van der Waals surface area contributed by atoms with Crippen LogP contribution in [-0.2, 0) is 23.7 Å². The monoisotopic (exact) mass is 544 g/mol. The Morgan fingerprint density at radius 2 is 0.872 bits per heavy atom. The topological polar surface area (TPSA) is 104 Å². The number of carbonyl (C=O) groups is 2. The number of ether oxygens (including phenoxy) is 5. The van der Waals surface area contributed by atoms with E-state index in [4.69, 9.17) is 23.7 Å². The van der Waals surface area contributed by atoms with Gasteiger partial charge in [0.05, 0.1) is 52.9 Å². The van der Waals surface area contributed by atoms with Crippen LogP contribution in [0.2, 0.25) is 0 Å². The fraction of sp³-hybridized carbons (Fsp3) is 0.800. The predicted molar refractivity (Wildman–Crippen MR) is 145 cm³/mol. The number of alkyl carbamates (subject to hydrolysis) is 2. The smallest absolute Gasteiger partial charge is 0.407 e. The molecule has 2 amide bonds. The van der Waals surface area contributed by atoms with Gasteiger partial charge in [0.15, 0.2) is 0 Å². The predicted octanol–water partition coefficient (Wildman–Crippen LogP) is 3.37. The Morgan fingerprint density at radius 3 is 1.23 bits per heavy atom. The molecule has 0 spiro atoms. The van der Waals surface area contributed by atoms with Crippen molar-refractivity contribution in [1.29, 1.82) is 0 Å². The fourth-order valence-electron chi connectivity index (χ4n) is 6.00. The normalized spacial score (nSPS) is 28.2. The van der Waals surface area contributed by atoms with Gasteiger partial charge in [-0.05, 0) is 61.2 Å². The molecule has 0 aromatic heterocycles. The minimum Gasteiger partial charge on any atom is -0.449 e. The molecule has 4 rings (SSSR count). The van der Waals surface area contributed by atoms with E-state index in [1.54, 1.807) is 0 Å². The summed E-state index contributed by atoms with van der Waals surface area (Å²) < 4.78 is 27.2. The number of rotatable bonds is 16. The van der Waals surface area contributed by atoms with E-state index < -0.39 is 0 Å². The van der Waals surface area contributed by atoms with E-state index in [9.17, 15) is 9.59 Å². The number of carbonyl (C=O) groups excluding carboxylic acids is 2. The van der Waals surface area contributed by atoms with Crippen LogP contribution in [0.5, 0.6) is 0 Å². The summed E-state index contributed by atoms with van der Waals surface area (Å²) in [5.41, 5.74) is 0. The van der Waals surface area contributed by atoms with Crippen LogP contribution in [-0.4, -0.2) is 78.1 Å². The molecule has 4 aliphatic rings. The summed E-state index contributed by atoms with van der Waals surface area (Å²) in [6.45, 7) is 4.37. The second-order valence-electron chi connectivity index (χ2n) is 10.7. The molecule has 0 aliphatic heterocycles. The van der Waals surface area contributed by atoms with Gasteiger partial charge in [0, 0.05) is 38.8 Å². The van der Waals surface area contributed by atoms with Gasteiger partial charge in [-0.1, -0.05) is 0 Å². The van der Waals surface area contributed by atoms with E-state index in [0.717, 1.165) is 51.4 Å². The minimum absolute atomic E-state index is 0.382. The Kier molecular flexibility index (Phi) is 12.6. The van der Waals surface area contributed by atoms with Crippen LogP contribution in [0.25, 0.3) is 0 Å². The first-order valence-electron chi connectivity index (χ1n) is 14.7. The summed E-state index contributed by atoms with van der Waals surface area (Å²) >= 11 is 0. The summed E-state index contributed by atoms with van der Waals surface area (Å²) in [7, 11) is 0. The molecule has 0 saturated heterocycles. The van der Waals surface area contributed by atoms with Crippen LogP contribution < -0.4 is 10.6 Å². The molecular weight excluding hydrogens is 500 g/mol. The van der Waals surface area contributed by atoms with Crippen molar-refractivity contribution in [1.82, 2.24) is 10.6 Å². The van der Waals surface area contributed by atoms with Crippen molar-refractivity contribution in [3.05, 3.63) is 0 Å². The molecule has 0 bridgehead atoms. The molecular formula is C30H44N2O7. The van der Waals surface area contributed by atoms with Crippen molar-refractivity contribution in [2.24, 2.45) is 35.5 Å². The lowest BCUT2D eigenvalue weighted by atomic mass is 10.1. The Balaban J connectivity index is 0.859. The van der Waals surface area contributed by atoms with Gasteiger partial charge in [-0.25, -0.2) is 9.59 Å². The fourth-order valence-corrected chi connectivity index (χ4v) is 6.00. The molecule has 9 nitrogen and oxygen atoms in total. The quantitative estimate of drug-likeness (QED) is 0.227. The summed E-state index contributed by atoms with van der Waals surface area (Å²) in [6, 6.07) is 0. The first-order valence-corrected chi connectivity index (χ1v) is 14.7. The highest BCUT2D eigenvalue weighted by molar-refractivity contribution is 5.67. The van der Waals surface area contributed by atoms with Crippen molar-refractivity contribution in [3.8, 4) is 23.7 Å². The molecule has 9 heteroatoms. The first kappa shape index (κ1) is 29.5. The Labute approximate surface area is 232 Å². The summed E-state index contributed by atoms with van der Waals surface area (Å²) in [5, 5.41) is 5.46. The molecule has 4 aliphatic carbocycles. The maximum Gasteiger partial charge on any atom is 0.407 e. The highest BCUT2D eigenvalue weighted by Crippen LogP contribution is 2.53. The Bertz CT molecular complexity index is 796. The molecule has 2 fully saturated rings. The average Bonchev–Trinajstić information content (AvgIpc) is 3.76. The third-order valence-electron chi connectivity index (χ3n) is 8.27. The lowest BCUT2D eigenvalue weighted by molar-refractivity contribution is 0.0155. The Morgan fingerprint density at radius 1 is 0.538 bits per heavy atom.